The Morgan fingerprint density at radius 2 is 1.22 bits per heavy atom. The fraction of sp³-hybridized carbons (Fsp3) is 0.393. The monoisotopic (exact) mass is 1200 g/mol. The Kier molecular flexibility index (Phi) is 20.2. The lowest BCUT2D eigenvalue weighted by molar-refractivity contribution is -0.353. The molecule has 3 saturated heterocycles. The molecule has 4 aliphatic rings. The van der Waals surface area contributed by atoms with Gasteiger partial charge in [0.1, 0.15) is 103 Å². The number of hydrogen-bond acceptors (Lipinski definition) is 28. The summed E-state index contributed by atoms with van der Waals surface area (Å²) < 4.78 is 74.2. The Bertz CT molecular complexity index is 3100. The van der Waals surface area contributed by atoms with Gasteiger partial charge in [-0.3, -0.25) is 9.59 Å². The number of aliphatic hydroxyl groups is 7. The molecule has 12 N–H and O–H groups in total. The molecule has 0 aromatic heterocycles. The molecule has 4 aromatic carbocycles. The van der Waals surface area contributed by atoms with Crippen molar-refractivity contribution < 1.29 is 142 Å². The van der Waals surface area contributed by atoms with E-state index in [9.17, 15) is 75.3 Å². The summed E-state index contributed by atoms with van der Waals surface area (Å²) in [6.07, 6.45) is -23.5. The Balaban J connectivity index is 1.13. The predicted molar refractivity (Wildman–Crippen MR) is 281 cm³/mol. The maximum absolute atomic E-state index is 13.5. The quantitative estimate of drug-likeness (QED) is 0.0226. The fourth-order valence-electron chi connectivity index (χ4n) is 9.03. The number of fused-ring (bicyclic) bond motifs is 1. The highest BCUT2D eigenvalue weighted by Crippen LogP contribution is 2.46. The summed E-state index contributed by atoms with van der Waals surface area (Å²) >= 11 is 0. The molecule has 29 heteroatoms. The van der Waals surface area contributed by atoms with Gasteiger partial charge >= 0.3 is 23.9 Å². The maximum Gasteiger partial charge on any atom is 0.331 e. The van der Waals surface area contributed by atoms with Crippen molar-refractivity contribution in [3.05, 3.63) is 107 Å². The van der Waals surface area contributed by atoms with E-state index < -0.39 is 148 Å². The third-order valence-electron chi connectivity index (χ3n) is 13.5. The van der Waals surface area contributed by atoms with Gasteiger partial charge in [0.05, 0.1) is 33.5 Å². The van der Waals surface area contributed by atoms with Gasteiger partial charge in [-0.1, -0.05) is 18.2 Å². The smallest absolute Gasteiger partial charge is 0.331 e. The van der Waals surface area contributed by atoms with Gasteiger partial charge in [0, 0.05) is 29.8 Å². The van der Waals surface area contributed by atoms with E-state index in [2.05, 4.69) is 0 Å². The van der Waals surface area contributed by atoms with E-state index in [1.807, 2.05) is 0 Å². The first-order valence-electron chi connectivity index (χ1n) is 25.7. The lowest BCUT2D eigenvalue weighted by Gasteiger charge is -2.45. The van der Waals surface area contributed by atoms with Crippen molar-refractivity contribution in [3.63, 3.8) is 0 Å². The number of ether oxygens (including phenoxy) is 13. The number of aliphatic hydroxyl groups excluding tert-OH is 7. The normalized spacial score (nSPS) is 28.3. The minimum absolute atomic E-state index is 0.0105. The van der Waals surface area contributed by atoms with Crippen LogP contribution < -0.4 is 23.7 Å². The molecule has 0 aliphatic carbocycles. The first-order chi connectivity index (χ1) is 40.5. The molecule has 4 aromatic rings. The van der Waals surface area contributed by atoms with Gasteiger partial charge in [0.2, 0.25) is 18.3 Å². The van der Waals surface area contributed by atoms with Crippen molar-refractivity contribution in [3.8, 4) is 51.7 Å². The molecule has 0 amide bonds. The second kappa shape index (κ2) is 27.5. The molecule has 4 heterocycles. The van der Waals surface area contributed by atoms with Gasteiger partial charge in [0.25, 0.3) is 0 Å². The number of carbonyl (C=O) groups is 4. The van der Waals surface area contributed by atoms with E-state index >= 15 is 0 Å². The van der Waals surface area contributed by atoms with Gasteiger partial charge in [-0.25, -0.2) is 9.59 Å². The molecule has 0 bridgehead atoms. The standard InChI is InChI=1S/C56H60O29/c1-73-34-14-24(4-11-30(34)59)5-12-41(63)76-22-39-47(69)49(71)53(85-55-52(44(66)31(60)21-78-55)84-42(64)13-6-25-15-35(74-2)45(67)36(16-25)75-3)56(83-39)81-37-19-29-32(79-51(37)26-7-9-27(57)10-8-26)17-28(58)18-33(29)80-54-50(72)48(70)46(68)38(82-54)23-77-43(65)20-40(61)62/h4-19,31,38-39,44,46-60,66-72H,20-23H2,1-3H3,(H,61,62)/b12-5+,13-6+/t31-,38-,39+,44-,46+,47+,48-,49-,50+,51?,52-,53+,54+,55-,56+/m0/s1. The molecule has 0 spiro atoms. The van der Waals surface area contributed by atoms with E-state index in [-0.39, 0.29) is 68.4 Å². The van der Waals surface area contributed by atoms with Crippen molar-refractivity contribution in [1.82, 2.24) is 0 Å². The van der Waals surface area contributed by atoms with Gasteiger partial charge in [0.15, 0.2) is 47.6 Å². The highest BCUT2D eigenvalue weighted by molar-refractivity contribution is 5.90. The van der Waals surface area contributed by atoms with Gasteiger partial charge in [-0.2, -0.15) is 0 Å². The SMILES string of the molecule is COc1cc(/C=C/C(=O)OC[C@H]2O[C@@H](OC3=Cc4c(cc(O)cc4O[C@@H]4O[C@@H](COC(=O)CC(=O)O)[C@@H](O)[C@H](O)[C@H]4O)OC3c3ccc(O)cc3)[C@H](O[C@@H]3OC[C@H](O)[C@H](O)[C@@H]3OC(=O)/C=C/c3cc(OC)c(O)c(OC)c3)[C@@H](O)[C@@H]2O)ccc1O. The van der Waals surface area contributed by atoms with Gasteiger partial charge in [-0.15, -0.1) is 0 Å². The molecule has 0 saturated carbocycles. The molecule has 8 rings (SSSR count). The zero-order chi connectivity index (χ0) is 61.4. The van der Waals surface area contributed by atoms with E-state index in [4.69, 9.17) is 66.7 Å². The summed E-state index contributed by atoms with van der Waals surface area (Å²) in [6, 6.07) is 14.5. The Hall–Kier alpha value is -8.46. The number of methoxy groups -OCH3 is 3. The minimum atomic E-state index is -2.13. The molecule has 1 unspecified atom stereocenters. The van der Waals surface area contributed by atoms with Crippen LogP contribution in [0.2, 0.25) is 0 Å². The molecule has 3 fully saturated rings. The fourth-order valence-corrected chi connectivity index (χ4v) is 9.03. The maximum atomic E-state index is 13.5. The predicted octanol–water partition coefficient (Wildman–Crippen LogP) is 0.0221. The van der Waals surface area contributed by atoms with E-state index in [1.165, 1.54) is 94.2 Å². The number of carbonyl (C=O) groups excluding carboxylic acids is 3. The number of benzene rings is 4. The number of carboxylic acid groups (broad SMARTS) is 1. The molecule has 4 aliphatic heterocycles. The van der Waals surface area contributed by atoms with Crippen LogP contribution in [0, 0.1) is 0 Å². The largest absolute Gasteiger partial charge is 0.508 e. The van der Waals surface area contributed by atoms with E-state index in [1.54, 1.807) is 0 Å². The summed E-state index contributed by atoms with van der Waals surface area (Å²) in [5.74, 6) is -6.82. The van der Waals surface area contributed by atoms with Crippen LogP contribution in [0.15, 0.2) is 84.6 Å². The van der Waals surface area contributed by atoms with E-state index in [0.717, 1.165) is 24.3 Å². The summed E-state index contributed by atoms with van der Waals surface area (Å²) in [5, 5.41) is 129. The molecule has 0 radical (unpaired) electrons. The van der Waals surface area contributed by atoms with Crippen molar-refractivity contribution in [2.24, 2.45) is 0 Å². The summed E-state index contributed by atoms with van der Waals surface area (Å²) in [6.45, 7) is -2.26. The molecule has 458 valence electrons. The topological polar surface area (TPSA) is 431 Å². The van der Waals surface area contributed by atoms with Crippen LogP contribution in [0.5, 0.6) is 51.7 Å². The number of phenolic OH excluding ortho intramolecular Hbond substituents is 4. The number of aliphatic carboxylic acids is 1. The average Bonchev–Trinajstić information content (AvgIpc) is 3.51. The number of aromatic hydroxyl groups is 4. The lowest BCUT2D eigenvalue weighted by atomic mass is 9.97. The summed E-state index contributed by atoms with van der Waals surface area (Å²) in [5.41, 5.74) is 0.800. The average molecular weight is 1200 g/mol. The molecule has 15 atom stereocenters. The van der Waals surface area contributed by atoms with Crippen LogP contribution in [0.1, 0.15) is 34.8 Å². The second-order valence-electron chi connectivity index (χ2n) is 19.3. The number of rotatable bonds is 21. The van der Waals surface area contributed by atoms with E-state index in [0.29, 0.717) is 5.56 Å². The number of esters is 3. The molecule has 85 heavy (non-hydrogen) atoms. The summed E-state index contributed by atoms with van der Waals surface area (Å²) in [7, 11) is 3.89. The van der Waals surface area contributed by atoms with Crippen LogP contribution in [-0.2, 0) is 57.1 Å². The minimum Gasteiger partial charge on any atom is -0.508 e. The lowest BCUT2D eigenvalue weighted by Crippen LogP contribution is -2.63. The Morgan fingerprint density at radius 1 is 0.600 bits per heavy atom. The number of hydrogen-bond donors (Lipinski definition) is 12. The third-order valence-corrected chi connectivity index (χ3v) is 13.5. The van der Waals surface area contributed by atoms with Crippen LogP contribution >= 0.6 is 0 Å². The highest BCUT2D eigenvalue weighted by Gasteiger charge is 2.53. The Morgan fingerprint density at radius 3 is 1.89 bits per heavy atom. The van der Waals surface area contributed by atoms with Crippen LogP contribution in [0.25, 0.3) is 18.2 Å². The summed E-state index contributed by atoms with van der Waals surface area (Å²) in [4.78, 5) is 49.7. The van der Waals surface area contributed by atoms with Crippen LogP contribution in [0.3, 0.4) is 0 Å². The Labute approximate surface area is 481 Å². The second-order valence-corrected chi connectivity index (χ2v) is 19.3. The first kappa shape index (κ1) is 62.6. The third kappa shape index (κ3) is 14.9. The van der Waals surface area contributed by atoms with Crippen LogP contribution in [0.4, 0.5) is 0 Å². The zero-order valence-electron chi connectivity index (χ0n) is 45.0. The van der Waals surface area contributed by atoms with Crippen molar-refractivity contribution in [2.75, 3.05) is 41.2 Å². The number of phenols is 4. The molecular weight excluding hydrogens is 1140 g/mol. The molecular formula is C56H60O29. The zero-order valence-corrected chi connectivity index (χ0v) is 45.0. The van der Waals surface area contributed by atoms with Crippen molar-refractivity contribution in [2.45, 2.75) is 98.5 Å². The van der Waals surface area contributed by atoms with Crippen molar-refractivity contribution >= 4 is 42.1 Å². The van der Waals surface area contributed by atoms with Gasteiger partial charge < -0.3 is 123 Å². The van der Waals surface area contributed by atoms with Gasteiger partial charge in [-0.05, 0) is 65.8 Å². The van der Waals surface area contributed by atoms with Crippen molar-refractivity contribution in [1.29, 1.82) is 0 Å². The molecule has 29 nitrogen and oxygen atoms in total. The highest BCUT2D eigenvalue weighted by atomic mass is 16.8. The first-order valence-corrected chi connectivity index (χ1v) is 25.7. The van der Waals surface area contributed by atoms with Crippen LogP contribution in [-0.4, -0.2) is 212 Å². The number of carboxylic acids is 1.